The van der Waals surface area contributed by atoms with Crippen LogP contribution in [0.3, 0.4) is 0 Å². The largest absolute Gasteiger partial charge is 0.393 e. The summed E-state index contributed by atoms with van der Waals surface area (Å²) in [5.41, 5.74) is 1.64. The maximum absolute atomic E-state index is 12.4. The average Bonchev–Trinajstić information content (AvgIpc) is 2.99. The number of allylic oxidation sites excluding steroid dienone is 8. The first-order chi connectivity index (χ1) is 21.4. The first-order valence-electron chi connectivity index (χ1n) is 17.0. The molecule has 8 atom stereocenters. The van der Waals surface area contributed by atoms with Crippen LogP contribution in [0.15, 0.2) is 46.6 Å². The third kappa shape index (κ3) is 4.83. The summed E-state index contributed by atoms with van der Waals surface area (Å²) in [6.45, 7) is 16.7. The predicted molar refractivity (Wildman–Crippen MR) is 180 cm³/mol. The molecule has 4 saturated carbocycles. The molecule has 0 amide bonds. The molecule has 0 aliphatic heterocycles. The lowest BCUT2D eigenvalue weighted by molar-refractivity contribution is -0.114. The van der Waals surface area contributed by atoms with Crippen LogP contribution in [0.5, 0.6) is 0 Å². The number of nitriles is 1. The number of terminal acetylenes is 1. The van der Waals surface area contributed by atoms with Crippen LogP contribution in [0.1, 0.15) is 107 Å². The summed E-state index contributed by atoms with van der Waals surface area (Å²) in [7, 11) is 0. The summed E-state index contributed by atoms with van der Waals surface area (Å²) in [6, 6.07) is 2.04. The second-order valence-corrected chi connectivity index (χ2v) is 16.6. The van der Waals surface area contributed by atoms with Gasteiger partial charge >= 0.3 is 0 Å². The number of hydrogen-bond acceptors (Lipinski definition) is 5. The summed E-state index contributed by atoms with van der Waals surface area (Å²) in [5.74, 6) is 9.90. The fourth-order valence-electron chi connectivity index (χ4n) is 10.9. The van der Waals surface area contributed by atoms with Gasteiger partial charge in [-0.05, 0) is 134 Å². The Balaban J connectivity index is 0.000000182. The molecule has 6 rings (SSSR count). The van der Waals surface area contributed by atoms with E-state index in [2.05, 4.69) is 59.3 Å². The fraction of sp³-hybridized carbons (Fsp3) is 0.634. The molecule has 5 heteroatoms. The van der Waals surface area contributed by atoms with Crippen molar-refractivity contribution in [2.24, 2.45) is 44.3 Å². The van der Waals surface area contributed by atoms with E-state index in [1.165, 1.54) is 0 Å². The van der Waals surface area contributed by atoms with Crippen LogP contribution in [0, 0.1) is 79.8 Å². The van der Waals surface area contributed by atoms with Crippen LogP contribution in [0.4, 0.5) is 0 Å². The third-order valence-corrected chi connectivity index (χ3v) is 13.6. The topological polar surface area (TPSA) is 98.4 Å². The number of aliphatic hydroxyl groups excluding tert-OH is 2. The van der Waals surface area contributed by atoms with E-state index >= 15 is 0 Å². The van der Waals surface area contributed by atoms with Crippen molar-refractivity contribution in [1.82, 2.24) is 0 Å². The molecule has 0 aromatic rings. The van der Waals surface area contributed by atoms with Gasteiger partial charge in [0.1, 0.15) is 6.07 Å². The summed E-state index contributed by atoms with van der Waals surface area (Å²) < 4.78 is 0. The molecule has 6 aliphatic rings. The zero-order valence-corrected chi connectivity index (χ0v) is 29.0. The molecule has 0 bridgehead atoms. The maximum Gasteiger partial charge on any atom is 0.196 e. The summed E-state index contributed by atoms with van der Waals surface area (Å²) in [4.78, 5) is 24.7. The first-order valence-corrected chi connectivity index (χ1v) is 17.0. The predicted octanol–water partition coefficient (Wildman–Crippen LogP) is 7.21. The van der Waals surface area contributed by atoms with Gasteiger partial charge in [0.25, 0.3) is 0 Å². The van der Waals surface area contributed by atoms with Crippen LogP contribution in [0.2, 0.25) is 0 Å². The van der Waals surface area contributed by atoms with Crippen LogP contribution in [-0.2, 0) is 9.59 Å². The van der Waals surface area contributed by atoms with E-state index in [4.69, 9.17) is 6.42 Å². The number of carbonyl (C=O) groups excluding carboxylic acids is 2. The van der Waals surface area contributed by atoms with Crippen LogP contribution in [-0.4, -0.2) is 34.0 Å². The van der Waals surface area contributed by atoms with Gasteiger partial charge < -0.3 is 10.2 Å². The average molecular weight is 622 g/mol. The van der Waals surface area contributed by atoms with E-state index in [0.717, 1.165) is 68.1 Å². The number of nitrogens with zero attached hydrogens (tertiary/aromatic N) is 1. The highest BCUT2D eigenvalue weighted by atomic mass is 16.3. The Labute approximate surface area is 276 Å². The minimum absolute atomic E-state index is 0.0895. The number of fused-ring (bicyclic) bond motifs is 6. The Kier molecular flexibility index (Phi) is 8.34. The van der Waals surface area contributed by atoms with Crippen molar-refractivity contribution in [1.29, 1.82) is 5.26 Å². The van der Waals surface area contributed by atoms with Crippen molar-refractivity contribution in [3.8, 4) is 30.3 Å². The standard InChI is InChI=1S/C21H25NO2.C20H26O2/c1-5-8-21-10-6-16-19(2,3)18(24)7-9-20(16,4)17(21)11-15(23)14(12-21)13-22;1-6-20-10-7-15-18(3,4)17(22)8-9-19(15,5)16(20)11-14(21)13(2)12-20/h11-12,16,18,24H,6-7,9-10H2,1-4H3;1,11-12,15,17,22H,7-10H2,2-5H3/t16-,18+,20-,21-;15-,17+,19-,20-/m00/s1. The molecule has 4 fully saturated rings. The Hall–Kier alpha value is -3.17. The lowest BCUT2D eigenvalue weighted by atomic mass is 9.44. The van der Waals surface area contributed by atoms with Crippen LogP contribution >= 0.6 is 0 Å². The second-order valence-electron chi connectivity index (χ2n) is 16.6. The van der Waals surface area contributed by atoms with Crippen LogP contribution < -0.4 is 0 Å². The van der Waals surface area contributed by atoms with Crippen molar-refractivity contribution in [3.05, 3.63) is 46.6 Å². The van der Waals surface area contributed by atoms with E-state index in [9.17, 15) is 25.1 Å². The molecule has 46 heavy (non-hydrogen) atoms. The summed E-state index contributed by atoms with van der Waals surface area (Å²) >= 11 is 0. The van der Waals surface area contributed by atoms with E-state index < -0.39 is 10.8 Å². The number of hydrogen-bond donors (Lipinski definition) is 2. The zero-order chi connectivity index (χ0) is 34.1. The zero-order valence-electron chi connectivity index (χ0n) is 29.0. The minimum Gasteiger partial charge on any atom is -0.393 e. The fourth-order valence-corrected chi connectivity index (χ4v) is 10.9. The number of aliphatic hydroxyl groups is 2. The quantitative estimate of drug-likeness (QED) is 0.279. The number of carbonyl (C=O) groups is 2. The molecule has 244 valence electrons. The lowest BCUT2D eigenvalue weighted by Crippen LogP contribution is -2.55. The highest BCUT2D eigenvalue weighted by Gasteiger charge is 2.60. The van der Waals surface area contributed by atoms with Gasteiger partial charge in [0.05, 0.1) is 28.6 Å². The Morgan fingerprint density at radius 2 is 1.24 bits per heavy atom. The summed E-state index contributed by atoms with van der Waals surface area (Å²) in [5, 5.41) is 30.3. The smallest absolute Gasteiger partial charge is 0.196 e. The molecule has 0 saturated heterocycles. The molecule has 0 spiro atoms. The molecule has 0 aromatic heterocycles. The van der Waals surface area contributed by atoms with Gasteiger partial charge in [0.2, 0.25) is 0 Å². The molecule has 0 heterocycles. The maximum atomic E-state index is 12.4. The Morgan fingerprint density at radius 3 is 1.72 bits per heavy atom. The third-order valence-electron chi connectivity index (χ3n) is 13.6. The highest BCUT2D eigenvalue weighted by Crippen LogP contribution is 2.66. The lowest BCUT2D eigenvalue weighted by Gasteiger charge is -2.60. The normalized spacial score (nSPS) is 41.7. The Bertz CT molecular complexity index is 1630. The van der Waals surface area contributed by atoms with Crippen molar-refractivity contribution in [2.75, 3.05) is 0 Å². The van der Waals surface area contributed by atoms with Gasteiger partial charge in [-0.2, -0.15) is 5.26 Å². The minimum atomic E-state index is -0.503. The van der Waals surface area contributed by atoms with E-state index in [1.54, 1.807) is 12.2 Å². The van der Waals surface area contributed by atoms with Gasteiger partial charge in [-0.3, -0.25) is 9.59 Å². The monoisotopic (exact) mass is 621 g/mol. The van der Waals surface area contributed by atoms with Crippen molar-refractivity contribution < 1.29 is 19.8 Å². The molecular formula is C41H51NO4. The molecule has 0 unspecified atom stereocenters. The number of rotatable bonds is 0. The first kappa shape index (κ1) is 34.2. The molecule has 0 radical (unpaired) electrons. The van der Waals surface area contributed by atoms with Gasteiger partial charge in [0.15, 0.2) is 11.6 Å². The van der Waals surface area contributed by atoms with Gasteiger partial charge in [-0.1, -0.05) is 59.5 Å². The van der Waals surface area contributed by atoms with Crippen molar-refractivity contribution in [3.63, 3.8) is 0 Å². The van der Waals surface area contributed by atoms with Gasteiger partial charge in [-0.15, -0.1) is 12.3 Å². The number of ketones is 2. The molecule has 0 aromatic carbocycles. The van der Waals surface area contributed by atoms with Crippen LogP contribution in [0.25, 0.3) is 0 Å². The Morgan fingerprint density at radius 1 is 0.761 bits per heavy atom. The van der Waals surface area contributed by atoms with Gasteiger partial charge in [-0.25, -0.2) is 0 Å². The van der Waals surface area contributed by atoms with E-state index in [1.807, 2.05) is 32.1 Å². The summed E-state index contributed by atoms with van der Waals surface area (Å²) in [6.07, 6.45) is 19.5. The molecule has 6 aliphatic carbocycles. The molecular weight excluding hydrogens is 570 g/mol. The van der Waals surface area contributed by atoms with Crippen molar-refractivity contribution in [2.45, 2.75) is 119 Å². The van der Waals surface area contributed by atoms with E-state index in [0.29, 0.717) is 11.8 Å². The highest BCUT2D eigenvalue weighted by molar-refractivity contribution is 6.09. The molecule has 5 nitrogen and oxygen atoms in total. The molecule has 2 N–H and O–H groups in total. The van der Waals surface area contributed by atoms with E-state index in [-0.39, 0.29) is 51.0 Å². The SMILES string of the molecule is C#C[C@]12C=C(C)C(=O)C=C1[C@@]1(C)CC[C@@H](O)C(C)(C)[C@@H]1CC2.CC#C[C@]12C=C(C#N)C(=O)C=C1[C@@]1(C)CC[C@@H](O)C(C)(C)[C@@H]1CC2. The van der Waals surface area contributed by atoms with Crippen molar-refractivity contribution >= 4 is 11.6 Å². The van der Waals surface area contributed by atoms with Gasteiger partial charge in [0, 0.05) is 0 Å². The second kappa shape index (κ2) is 11.2.